The van der Waals surface area contributed by atoms with E-state index in [1.54, 1.807) is 12.1 Å². The van der Waals surface area contributed by atoms with E-state index in [0.717, 1.165) is 6.42 Å². The van der Waals surface area contributed by atoms with Gasteiger partial charge < -0.3 is 9.47 Å². The molecule has 0 saturated carbocycles. The molecule has 0 aromatic rings. The van der Waals surface area contributed by atoms with Crippen molar-refractivity contribution in [3.63, 3.8) is 0 Å². The Labute approximate surface area is 116 Å². The Kier molecular flexibility index (Phi) is 4.54. The second kappa shape index (κ2) is 6.36. The summed E-state index contributed by atoms with van der Waals surface area (Å²) in [4.78, 5) is 24.6. The number of esters is 2. The Hall–Kier alpha value is -2.12. The molecule has 0 spiro atoms. The molecule has 0 aliphatic carbocycles. The smallest absolute Gasteiger partial charge is 0.321 e. The minimum Gasteiger partial charge on any atom is -0.460 e. The Morgan fingerprint density at radius 1 is 1.05 bits per heavy atom. The monoisotopic (exact) mass is 277 g/mol. The molecule has 7 nitrogen and oxygen atoms in total. The van der Waals surface area contributed by atoms with Crippen LogP contribution in [0, 0.1) is 28.6 Å². The zero-order valence-corrected chi connectivity index (χ0v) is 10.9. The first-order valence-electron chi connectivity index (χ1n) is 6.51. The van der Waals surface area contributed by atoms with Crippen LogP contribution in [-0.2, 0) is 19.1 Å². The topological polar surface area (TPSA) is 103 Å². The van der Waals surface area contributed by atoms with Crippen molar-refractivity contribution in [1.29, 1.82) is 10.5 Å². The van der Waals surface area contributed by atoms with E-state index in [-0.39, 0.29) is 31.1 Å². The van der Waals surface area contributed by atoms with Crippen LogP contribution in [0.2, 0.25) is 0 Å². The third-order valence-corrected chi connectivity index (χ3v) is 3.60. The first-order valence-corrected chi connectivity index (χ1v) is 6.51. The maximum Gasteiger partial charge on any atom is 0.321 e. The highest BCUT2D eigenvalue weighted by atomic mass is 16.6. The number of carbonyl (C=O) groups is 2. The molecule has 20 heavy (non-hydrogen) atoms. The van der Waals surface area contributed by atoms with Gasteiger partial charge in [0.05, 0.1) is 12.1 Å². The highest BCUT2D eigenvalue weighted by Crippen LogP contribution is 2.33. The quantitative estimate of drug-likeness (QED) is 0.681. The summed E-state index contributed by atoms with van der Waals surface area (Å²) >= 11 is 0. The highest BCUT2D eigenvalue weighted by molar-refractivity contribution is 5.72. The van der Waals surface area contributed by atoms with Crippen LogP contribution in [0.5, 0.6) is 0 Å². The number of nitrogens with zero attached hydrogens (tertiary/aromatic N) is 3. The summed E-state index contributed by atoms with van der Waals surface area (Å²) in [7, 11) is 0. The van der Waals surface area contributed by atoms with Crippen LogP contribution >= 0.6 is 0 Å². The van der Waals surface area contributed by atoms with Crippen molar-refractivity contribution in [3.05, 3.63) is 0 Å². The second-order valence-electron chi connectivity index (χ2n) is 4.93. The van der Waals surface area contributed by atoms with Gasteiger partial charge in [-0.2, -0.15) is 10.5 Å². The van der Waals surface area contributed by atoms with Crippen LogP contribution in [0.25, 0.3) is 0 Å². The first kappa shape index (κ1) is 14.3. The molecule has 2 aliphatic rings. The summed E-state index contributed by atoms with van der Waals surface area (Å²) in [5, 5.41) is 16.9. The molecule has 2 bridgehead atoms. The van der Waals surface area contributed by atoms with Gasteiger partial charge in [-0.3, -0.25) is 14.5 Å². The SMILES string of the molecule is N#CCC(=O)OC1CN2CC1CCC2OC(=O)CC#N. The Morgan fingerprint density at radius 2 is 1.70 bits per heavy atom. The van der Waals surface area contributed by atoms with E-state index in [2.05, 4.69) is 0 Å². The van der Waals surface area contributed by atoms with Crippen LogP contribution in [-0.4, -0.2) is 42.3 Å². The fourth-order valence-electron chi connectivity index (χ4n) is 2.73. The molecule has 0 aromatic heterocycles. The predicted molar refractivity (Wildman–Crippen MR) is 64.5 cm³/mol. The van der Waals surface area contributed by atoms with Gasteiger partial charge in [-0.05, 0) is 12.8 Å². The molecule has 2 heterocycles. The standard InChI is InChI=1S/C13H15N3O4/c14-5-3-12(17)19-10-8-16-7-9(10)1-2-11(16)20-13(18)4-6-15/h9-11H,1-4,7-8H2. The van der Waals surface area contributed by atoms with Gasteiger partial charge in [0.25, 0.3) is 0 Å². The zero-order chi connectivity index (χ0) is 14.5. The van der Waals surface area contributed by atoms with Crippen LogP contribution in [0.3, 0.4) is 0 Å². The maximum atomic E-state index is 11.3. The third-order valence-electron chi connectivity index (χ3n) is 3.60. The number of nitriles is 2. The van der Waals surface area contributed by atoms with E-state index in [1.165, 1.54) is 0 Å². The van der Waals surface area contributed by atoms with Crippen molar-refractivity contribution in [3.8, 4) is 12.1 Å². The molecule has 2 rings (SSSR count). The Bertz CT molecular complexity index is 451. The normalized spacial score (nSPS) is 30.9. The lowest BCUT2D eigenvalue weighted by molar-refractivity contribution is -0.160. The van der Waals surface area contributed by atoms with Gasteiger partial charge >= 0.3 is 11.9 Å². The molecule has 2 fully saturated rings. The lowest BCUT2D eigenvalue weighted by Gasteiger charge is -2.30. The predicted octanol–water partition coefficient (Wildman–Crippen LogP) is 0.320. The number of hydrogen-bond donors (Lipinski definition) is 0. The van der Waals surface area contributed by atoms with Crippen LogP contribution in [0.4, 0.5) is 0 Å². The van der Waals surface area contributed by atoms with Crippen molar-refractivity contribution < 1.29 is 19.1 Å². The number of fused-ring (bicyclic) bond motifs is 2. The summed E-state index contributed by atoms with van der Waals surface area (Å²) in [6, 6.07) is 3.52. The molecule has 0 N–H and O–H groups in total. The van der Waals surface area contributed by atoms with Gasteiger partial charge in [0.2, 0.25) is 0 Å². The Morgan fingerprint density at radius 3 is 2.35 bits per heavy atom. The lowest BCUT2D eigenvalue weighted by Crippen LogP contribution is -2.40. The number of ether oxygens (including phenoxy) is 2. The molecule has 106 valence electrons. The average molecular weight is 277 g/mol. The molecule has 0 amide bonds. The fraction of sp³-hybridized carbons (Fsp3) is 0.692. The zero-order valence-electron chi connectivity index (χ0n) is 10.9. The van der Waals surface area contributed by atoms with E-state index in [9.17, 15) is 9.59 Å². The minimum absolute atomic E-state index is 0.226. The molecule has 4 unspecified atom stereocenters. The van der Waals surface area contributed by atoms with Crippen LogP contribution < -0.4 is 0 Å². The molecule has 7 heteroatoms. The molecular formula is C13H15N3O4. The van der Waals surface area contributed by atoms with Crippen molar-refractivity contribution in [2.45, 2.75) is 38.0 Å². The number of carbonyl (C=O) groups excluding carboxylic acids is 2. The molecule has 0 aromatic carbocycles. The van der Waals surface area contributed by atoms with E-state index in [4.69, 9.17) is 20.0 Å². The molecule has 4 atom stereocenters. The summed E-state index contributed by atoms with van der Waals surface area (Å²) in [6.45, 7) is 1.21. The Balaban J connectivity index is 1.87. The molecular weight excluding hydrogens is 262 g/mol. The summed E-state index contributed by atoms with van der Waals surface area (Å²) in [6.07, 6.45) is 0.389. The number of hydrogen-bond acceptors (Lipinski definition) is 7. The summed E-state index contributed by atoms with van der Waals surface area (Å²) in [5.74, 6) is -0.811. The van der Waals surface area contributed by atoms with Crippen molar-refractivity contribution in [2.75, 3.05) is 13.1 Å². The van der Waals surface area contributed by atoms with E-state index in [1.807, 2.05) is 4.90 Å². The van der Waals surface area contributed by atoms with Gasteiger partial charge in [0, 0.05) is 19.0 Å². The van der Waals surface area contributed by atoms with Gasteiger partial charge in [-0.25, -0.2) is 0 Å². The largest absolute Gasteiger partial charge is 0.460 e. The second-order valence-corrected chi connectivity index (χ2v) is 4.93. The van der Waals surface area contributed by atoms with Gasteiger partial charge in [-0.15, -0.1) is 0 Å². The fourth-order valence-corrected chi connectivity index (χ4v) is 2.73. The molecule has 0 radical (unpaired) electrons. The van der Waals surface area contributed by atoms with E-state index in [0.29, 0.717) is 19.5 Å². The third kappa shape index (κ3) is 3.25. The lowest BCUT2D eigenvalue weighted by atomic mass is 9.98. The van der Waals surface area contributed by atoms with Crippen molar-refractivity contribution >= 4 is 11.9 Å². The van der Waals surface area contributed by atoms with Crippen LogP contribution in [0.1, 0.15) is 25.7 Å². The summed E-state index contributed by atoms with van der Waals surface area (Å²) < 4.78 is 10.5. The molecule has 2 aliphatic heterocycles. The number of piperidine rings is 1. The van der Waals surface area contributed by atoms with E-state index >= 15 is 0 Å². The van der Waals surface area contributed by atoms with Gasteiger partial charge in [0.1, 0.15) is 18.9 Å². The minimum atomic E-state index is -0.527. The highest BCUT2D eigenvalue weighted by Gasteiger charge is 2.43. The first-order chi connectivity index (χ1) is 9.63. The van der Waals surface area contributed by atoms with Crippen molar-refractivity contribution in [1.82, 2.24) is 4.90 Å². The molecule has 2 saturated heterocycles. The maximum absolute atomic E-state index is 11.3. The van der Waals surface area contributed by atoms with Gasteiger partial charge in [0.15, 0.2) is 6.23 Å². The number of rotatable bonds is 4. The average Bonchev–Trinajstić information content (AvgIpc) is 2.71. The van der Waals surface area contributed by atoms with Gasteiger partial charge in [-0.1, -0.05) is 0 Å². The van der Waals surface area contributed by atoms with Crippen molar-refractivity contribution in [2.24, 2.45) is 5.92 Å². The van der Waals surface area contributed by atoms with Crippen LogP contribution in [0.15, 0.2) is 0 Å². The summed E-state index contributed by atoms with van der Waals surface area (Å²) in [5.41, 5.74) is 0. The van der Waals surface area contributed by atoms with E-state index < -0.39 is 11.9 Å².